The Morgan fingerprint density at radius 3 is 2.53 bits per heavy atom. The van der Waals surface area contributed by atoms with E-state index in [1.54, 1.807) is 44.4 Å². The van der Waals surface area contributed by atoms with Crippen LogP contribution in [0.3, 0.4) is 0 Å². The number of benzene rings is 1. The molecule has 0 saturated heterocycles. The predicted octanol–water partition coefficient (Wildman–Crippen LogP) is 3.30. The molecular formula is C14H13ClN2O2. The van der Waals surface area contributed by atoms with E-state index in [9.17, 15) is 4.79 Å². The van der Waals surface area contributed by atoms with Crippen molar-refractivity contribution in [2.24, 2.45) is 0 Å². The maximum absolute atomic E-state index is 12.0. The second-order valence-electron chi connectivity index (χ2n) is 4.00. The van der Waals surface area contributed by atoms with Crippen LogP contribution < -0.4 is 10.1 Å². The first-order chi connectivity index (χ1) is 9.08. The summed E-state index contributed by atoms with van der Waals surface area (Å²) >= 11 is 5.83. The smallest absolute Gasteiger partial charge is 0.255 e. The van der Waals surface area contributed by atoms with Crippen LogP contribution in [0.2, 0.25) is 5.15 Å². The zero-order chi connectivity index (χ0) is 13.8. The van der Waals surface area contributed by atoms with Crippen LogP contribution in [-0.4, -0.2) is 18.0 Å². The van der Waals surface area contributed by atoms with Crippen LogP contribution in [0.5, 0.6) is 5.75 Å². The third-order valence-electron chi connectivity index (χ3n) is 2.53. The van der Waals surface area contributed by atoms with E-state index >= 15 is 0 Å². The molecule has 19 heavy (non-hydrogen) atoms. The average molecular weight is 277 g/mol. The van der Waals surface area contributed by atoms with Gasteiger partial charge in [0.25, 0.3) is 5.91 Å². The van der Waals surface area contributed by atoms with E-state index in [1.807, 2.05) is 0 Å². The number of carbonyl (C=O) groups is 1. The molecule has 1 N–H and O–H groups in total. The molecule has 1 heterocycles. The second kappa shape index (κ2) is 5.71. The van der Waals surface area contributed by atoms with E-state index in [0.717, 1.165) is 5.75 Å². The number of anilines is 1. The Hall–Kier alpha value is -2.07. The molecule has 0 aliphatic rings. The van der Waals surface area contributed by atoms with Crippen LogP contribution >= 0.6 is 11.6 Å². The van der Waals surface area contributed by atoms with Crippen LogP contribution in [0.4, 0.5) is 5.69 Å². The molecule has 0 saturated carbocycles. The first-order valence-electron chi connectivity index (χ1n) is 5.68. The summed E-state index contributed by atoms with van der Waals surface area (Å²) in [6, 6.07) is 10.3. The molecule has 4 nitrogen and oxygen atoms in total. The number of carbonyl (C=O) groups excluding carboxylic acids is 1. The molecule has 1 aromatic carbocycles. The maximum Gasteiger partial charge on any atom is 0.255 e. The van der Waals surface area contributed by atoms with Crippen molar-refractivity contribution < 1.29 is 9.53 Å². The lowest BCUT2D eigenvalue weighted by Crippen LogP contribution is -2.12. The fraction of sp³-hybridized carbons (Fsp3) is 0.143. The molecule has 1 amide bonds. The first-order valence-corrected chi connectivity index (χ1v) is 6.06. The molecule has 0 fully saturated rings. The second-order valence-corrected chi connectivity index (χ2v) is 4.39. The van der Waals surface area contributed by atoms with Crippen LogP contribution in [0.15, 0.2) is 36.4 Å². The Morgan fingerprint density at radius 1 is 1.26 bits per heavy atom. The fourth-order valence-corrected chi connectivity index (χ4v) is 1.89. The highest BCUT2D eigenvalue weighted by molar-refractivity contribution is 6.29. The van der Waals surface area contributed by atoms with Gasteiger partial charge in [-0.25, -0.2) is 4.98 Å². The Kier molecular flexibility index (Phi) is 4.02. The molecule has 0 bridgehead atoms. The van der Waals surface area contributed by atoms with Crippen molar-refractivity contribution >= 4 is 23.2 Å². The van der Waals surface area contributed by atoms with Gasteiger partial charge < -0.3 is 10.1 Å². The lowest BCUT2D eigenvalue weighted by molar-refractivity contribution is 0.102. The molecule has 0 unspecified atom stereocenters. The van der Waals surface area contributed by atoms with Gasteiger partial charge in [0.1, 0.15) is 10.9 Å². The molecule has 0 aliphatic heterocycles. The number of pyridine rings is 1. The minimum atomic E-state index is -0.224. The highest BCUT2D eigenvalue weighted by atomic mass is 35.5. The van der Waals surface area contributed by atoms with Gasteiger partial charge in [-0.3, -0.25) is 4.79 Å². The van der Waals surface area contributed by atoms with Crippen LogP contribution in [0, 0.1) is 6.92 Å². The Balaban J connectivity index is 2.15. The number of nitrogens with zero attached hydrogens (tertiary/aromatic N) is 1. The minimum Gasteiger partial charge on any atom is -0.497 e. The predicted molar refractivity (Wildman–Crippen MR) is 74.9 cm³/mol. The number of nitrogens with one attached hydrogen (secondary N) is 1. The molecule has 98 valence electrons. The molecule has 0 aliphatic carbocycles. The van der Waals surface area contributed by atoms with Crippen molar-refractivity contribution in [2.75, 3.05) is 12.4 Å². The van der Waals surface area contributed by atoms with Crippen molar-refractivity contribution in [2.45, 2.75) is 6.92 Å². The summed E-state index contributed by atoms with van der Waals surface area (Å²) in [5.41, 5.74) is 1.87. The van der Waals surface area contributed by atoms with Gasteiger partial charge in [0, 0.05) is 16.9 Å². The van der Waals surface area contributed by atoms with Gasteiger partial charge in [-0.1, -0.05) is 11.6 Å². The van der Waals surface area contributed by atoms with Gasteiger partial charge in [-0.15, -0.1) is 0 Å². The van der Waals surface area contributed by atoms with Crippen molar-refractivity contribution in [3.63, 3.8) is 0 Å². The summed E-state index contributed by atoms with van der Waals surface area (Å²) in [5.74, 6) is 0.512. The number of hydrogen-bond donors (Lipinski definition) is 1. The van der Waals surface area contributed by atoms with Gasteiger partial charge in [0.15, 0.2) is 0 Å². The number of hydrogen-bond acceptors (Lipinski definition) is 3. The van der Waals surface area contributed by atoms with Crippen molar-refractivity contribution in [1.82, 2.24) is 4.98 Å². The summed E-state index contributed by atoms with van der Waals surface area (Å²) in [4.78, 5) is 16.1. The summed E-state index contributed by atoms with van der Waals surface area (Å²) in [7, 11) is 1.59. The number of amides is 1. The Morgan fingerprint density at radius 2 is 1.95 bits per heavy atom. The summed E-state index contributed by atoms with van der Waals surface area (Å²) < 4.78 is 5.05. The number of aryl methyl sites for hydroxylation is 1. The van der Waals surface area contributed by atoms with E-state index in [4.69, 9.17) is 16.3 Å². The van der Waals surface area contributed by atoms with E-state index in [0.29, 0.717) is 22.1 Å². The zero-order valence-corrected chi connectivity index (χ0v) is 11.4. The molecular weight excluding hydrogens is 264 g/mol. The van der Waals surface area contributed by atoms with Crippen molar-refractivity contribution in [3.05, 3.63) is 52.8 Å². The summed E-state index contributed by atoms with van der Waals surface area (Å²) in [6.07, 6.45) is 0. The van der Waals surface area contributed by atoms with E-state index in [-0.39, 0.29) is 5.91 Å². The molecule has 0 atom stereocenters. The average Bonchev–Trinajstić information content (AvgIpc) is 2.38. The topological polar surface area (TPSA) is 51.2 Å². The number of ether oxygens (including phenoxy) is 1. The number of rotatable bonds is 3. The number of aromatic nitrogens is 1. The molecule has 5 heteroatoms. The number of halogens is 1. The third kappa shape index (κ3) is 3.45. The third-order valence-corrected chi connectivity index (χ3v) is 2.73. The van der Waals surface area contributed by atoms with E-state index < -0.39 is 0 Å². The quantitative estimate of drug-likeness (QED) is 0.875. The monoisotopic (exact) mass is 276 g/mol. The van der Waals surface area contributed by atoms with E-state index in [1.165, 1.54) is 6.07 Å². The highest BCUT2D eigenvalue weighted by Crippen LogP contribution is 2.17. The van der Waals surface area contributed by atoms with Gasteiger partial charge >= 0.3 is 0 Å². The van der Waals surface area contributed by atoms with Crippen molar-refractivity contribution in [1.29, 1.82) is 0 Å². The molecule has 2 rings (SSSR count). The molecule has 2 aromatic rings. The van der Waals surface area contributed by atoms with Gasteiger partial charge in [0.2, 0.25) is 0 Å². The van der Waals surface area contributed by atoms with E-state index in [2.05, 4.69) is 10.3 Å². The van der Waals surface area contributed by atoms with Gasteiger partial charge in [-0.05, 0) is 43.3 Å². The van der Waals surface area contributed by atoms with Crippen LogP contribution in [0.1, 0.15) is 16.1 Å². The van der Waals surface area contributed by atoms with Crippen LogP contribution in [-0.2, 0) is 0 Å². The Labute approximate surface area is 116 Å². The number of methoxy groups -OCH3 is 1. The first kappa shape index (κ1) is 13.4. The molecule has 0 radical (unpaired) electrons. The Bertz CT molecular complexity index is 577. The zero-order valence-electron chi connectivity index (χ0n) is 10.6. The van der Waals surface area contributed by atoms with Crippen LogP contribution in [0.25, 0.3) is 0 Å². The normalized spacial score (nSPS) is 10.1. The fourth-order valence-electron chi connectivity index (χ4n) is 1.64. The minimum absolute atomic E-state index is 0.224. The summed E-state index contributed by atoms with van der Waals surface area (Å²) in [5, 5.41) is 3.09. The SMILES string of the molecule is COc1ccc(NC(=O)c2cc(C)nc(Cl)c2)cc1. The summed E-state index contributed by atoms with van der Waals surface area (Å²) in [6.45, 7) is 1.79. The van der Waals surface area contributed by atoms with Gasteiger partial charge in [0.05, 0.1) is 7.11 Å². The maximum atomic E-state index is 12.0. The lowest BCUT2D eigenvalue weighted by atomic mass is 10.2. The standard InChI is InChI=1S/C14H13ClN2O2/c1-9-7-10(8-13(15)16-9)14(18)17-11-3-5-12(19-2)6-4-11/h3-8H,1-2H3,(H,17,18). The van der Waals surface area contributed by atoms with Gasteiger partial charge in [-0.2, -0.15) is 0 Å². The largest absolute Gasteiger partial charge is 0.497 e. The van der Waals surface area contributed by atoms with Crippen molar-refractivity contribution in [3.8, 4) is 5.75 Å². The lowest BCUT2D eigenvalue weighted by Gasteiger charge is -2.07. The molecule has 0 spiro atoms. The molecule has 1 aromatic heterocycles. The highest BCUT2D eigenvalue weighted by Gasteiger charge is 2.08.